The minimum atomic E-state index is -0.135. The van der Waals surface area contributed by atoms with Gasteiger partial charge in [-0.05, 0) is 37.8 Å². The number of amides is 1. The van der Waals surface area contributed by atoms with Crippen LogP contribution in [0.25, 0.3) is 0 Å². The van der Waals surface area contributed by atoms with E-state index in [9.17, 15) is 4.79 Å². The van der Waals surface area contributed by atoms with E-state index in [1.807, 2.05) is 35.2 Å². The third kappa shape index (κ3) is 3.93. The summed E-state index contributed by atoms with van der Waals surface area (Å²) in [5, 5.41) is 4.01. The highest BCUT2D eigenvalue weighted by Gasteiger charge is 2.32. The molecule has 1 aliphatic rings. The molecule has 6 nitrogen and oxygen atoms in total. The number of hydrogen-bond acceptors (Lipinski definition) is 5. The molecule has 1 fully saturated rings. The zero-order valence-corrected chi connectivity index (χ0v) is 14.0. The summed E-state index contributed by atoms with van der Waals surface area (Å²) in [6.07, 6.45) is 4.66. The van der Waals surface area contributed by atoms with Crippen LogP contribution < -0.4 is 4.74 Å². The molecule has 1 atom stereocenters. The number of para-hydroxylation sites is 1. The number of piperidine rings is 1. The minimum absolute atomic E-state index is 0.0243. The van der Waals surface area contributed by atoms with Crippen LogP contribution >= 0.6 is 0 Å². The molecular weight excluding hydrogens is 306 g/mol. The molecule has 1 aliphatic heterocycles. The van der Waals surface area contributed by atoms with Crippen molar-refractivity contribution in [3.8, 4) is 5.75 Å². The van der Waals surface area contributed by atoms with Gasteiger partial charge in [0.15, 0.2) is 12.4 Å². The standard InChI is InChI=1S/C18H23N3O3/c1-2-8-16-19-18(24-20-16)15-11-6-7-12-21(15)17(22)13-23-14-9-4-3-5-10-14/h3-5,9-10,15H,2,6-8,11-13H2,1H3/t15-/m1/s1. The largest absolute Gasteiger partial charge is 0.484 e. The van der Waals surface area contributed by atoms with Gasteiger partial charge in [-0.3, -0.25) is 4.79 Å². The van der Waals surface area contributed by atoms with E-state index < -0.39 is 0 Å². The zero-order chi connectivity index (χ0) is 16.8. The molecule has 128 valence electrons. The summed E-state index contributed by atoms with van der Waals surface area (Å²) in [5.74, 6) is 1.92. The summed E-state index contributed by atoms with van der Waals surface area (Å²) < 4.78 is 11.0. The van der Waals surface area contributed by atoms with Gasteiger partial charge in [0, 0.05) is 13.0 Å². The lowest BCUT2D eigenvalue weighted by molar-refractivity contribution is -0.138. The second-order valence-electron chi connectivity index (χ2n) is 6.00. The molecule has 0 aliphatic carbocycles. The smallest absolute Gasteiger partial charge is 0.261 e. The number of carbonyl (C=O) groups is 1. The van der Waals surface area contributed by atoms with Crippen LogP contribution in [0.15, 0.2) is 34.9 Å². The van der Waals surface area contributed by atoms with Gasteiger partial charge in [0.2, 0.25) is 5.89 Å². The molecule has 1 saturated heterocycles. The number of carbonyl (C=O) groups excluding carboxylic acids is 1. The number of ether oxygens (including phenoxy) is 1. The number of benzene rings is 1. The highest BCUT2D eigenvalue weighted by atomic mass is 16.5. The highest BCUT2D eigenvalue weighted by molar-refractivity contribution is 5.78. The Kier molecular flexibility index (Phi) is 5.46. The van der Waals surface area contributed by atoms with Gasteiger partial charge in [-0.2, -0.15) is 4.98 Å². The summed E-state index contributed by atoms with van der Waals surface area (Å²) in [7, 11) is 0. The normalized spacial score (nSPS) is 17.7. The van der Waals surface area contributed by atoms with Crippen molar-refractivity contribution in [2.45, 2.75) is 45.1 Å². The van der Waals surface area contributed by atoms with E-state index in [-0.39, 0.29) is 18.6 Å². The molecule has 2 heterocycles. The predicted octanol–water partition coefficient (Wildman–Crippen LogP) is 3.15. The quantitative estimate of drug-likeness (QED) is 0.814. The molecular formula is C18H23N3O3. The summed E-state index contributed by atoms with van der Waals surface area (Å²) in [5.41, 5.74) is 0. The van der Waals surface area contributed by atoms with Crippen molar-refractivity contribution in [3.63, 3.8) is 0 Å². The topological polar surface area (TPSA) is 68.5 Å². The number of aryl methyl sites for hydroxylation is 1. The maximum absolute atomic E-state index is 12.6. The highest BCUT2D eigenvalue weighted by Crippen LogP contribution is 2.30. The Bertz CT molecular complexity index is 657. The second-order valence-corrected chi connectivity index (χ2v) is 6.00. The third-order valence-corrected chi connectivity index (χ3v) is 4.17. The van der Waals surface area contributed by atoms with Crippen LogP contribution in [0.4, 0.5) is 0 Å². The van der Waals surface area contributed by atoms with Crippen molar-refractivity contribution in [2.75, 3.05) is 13.2 Å². The maximum Gasteiger partial charge on any atom is 0.261 e. The fourth-order valence-corrected chi connectivity index (χ4v) is 2.96. The Morgan fingerprint density at radius 3 is 2.96 bits per heavy atom. The summed E-state index contributed by atoms with van der Waals surface area (Å²) in [4.78, 5) is 18.9. The fourth-order valence-electron chi connectivity index (χ4n) is 2.96. The van der Waals surface area contributed by atoms with Crippen LogP contribution in [0, 0.1) is 0 Å². The summed E-state index contributed by atoms with van der Waals surface area (Å²) >= 11 is 0. The van der Waals surface area contributed by atoms with Gasteiger partial charge < -0.3 is 14.2 Å². The van der Waals surface area contributed by atoms with E-state index in [0.717, 1.165) is 32.1 Å². The maximum atomic E-state index is 12.6. The first-order valence-corrected chi connectivity index (χ1v) is 8.57. The monoisotopic (exact) mass is 329 g/mol. The van der Waals surface area contributed by atoms with E-state index >= 15 is 0 Å². The van der Waals surface area contributed by atoms with Gasteiger partial charge in [-0.1, -0.05) is 30.3 Å². The molecule has 1 aromatic carbocycles. The second kappa shape index (κ2) is 7.95. The van der Waals surface area contributed by atoms with Crippen LogP contribution in [-0.2, 0) is 11.2 Å². The van der Waals surface area contributed by atoms with Crippen LogP contribution in [0.3, 0.4) is 0 Å². The molecule has 0 spiro atoms. The Morgan fingerprint density at radius 2 is 2.17 bits per heavy atom. The molecule has 1 aromatic heterocycles. The van der Waals surface area contributed by atoms with Crippen molar-refractivity contribution < 1.29 is 14.1 Å². The van der Waals surface area contributed by atoms with E-state index in [4.69, 9.17) is 9.26 Å². The van der Waals surface area contributed by atoms with Crippen molar-refractivity contribution in [2.24, 2.45) is 0 Å². The van der Waals surface area contributed by atoms with E-state index in [0.29, 0.717) is 24.0 Å². The molecule has 0 radical (unpaired) electrons. The fraction of sp³-hybridized carbons (Fsp3) is 0.500. The first-order chi connectivity index (χ1) is 11.8. The number of rotatable bonds is 6. The molecule has 0 unspecified atom stereocenters. The van der Waals surface area contributed by atoms with Crippen molar-refractivity contribution >= 4 is 5.91 Å². The number of aromatic nitrogens is 2. The molecule has 6 heteroatoms. The predicted molar refractivity (Wildman–Crippen MR) is 88.5 cm³/mol. The van der Waals surface area contributed by atoms with Crippen molar-refractivity contribution in [1.29, 1.82) is 0 Å². The van der Waals surface area contributed by atoms with Gasteiger partial charge >= 0.3 is 0 Å². The van der Waals surface area contributed by atoms with Gasteiger partial charge in [-0.25, -0.2) is 0 Å². The van der Waals surface area contributed by atoms with Crippen molar-refractivity contribution in [3.05, 3.63) is 42.0 Å². The molecule has 1 amide bonds. The minimum Gasteiger partial charge on any atom is -0.484 e. The number of likely N-dealkylation sites (tertiary alicyclic amines) is 1. The molecule has 3 rings (SSSR count). The number of hydrogen-bond donors (Lipinski definition) is 0. The van der Waals surface area contributed by atoms with Gasteiger partial charge in [0.05, 0.1) is 0 Å². The lowest BCUT2D eigenvalue weighted by atomic mass is 10.0. The molecule has 0 N–H and O–H groups in total. The summed E-state index contributed by atoms with van der Waals surface area (Å²) in [6, 6.07) is 9.24. The van der Waals surface area contributed by atoms with Crippen LogP contribution in [0.2, 0.25) is 0 Å². The average Bonchev–Trinajstić information content (AvgIpc) is 3.09. The Labute approximate surface area is 141 Å². The van der Waals surface area contributed by atoms with Gasteiger partial charge in [0.25, 0.3) is 5.91 Å². The van der Waals surface area contributed by atoms with Crippen LogP contribution in [0.1, 0.15) is 50.4 Å². The van der Waals surface area contributed by atoms with Crippen LogP contribution in [0.5, 0.6) is 5.75 Å². The Morgan fingerprint density at radius 1 is 1.33 bits per heavy atom. The lowest BCUT2D eigenvalue weighted by Gasteiger charge is -2.33. The molecule has 24 heavy (non-hydrogen) atoms. The van der Waals surface area contributed by atoms with Gasteiger partial charge in [0.1, 0.15) is 11.8 Å². The summed E-state index contributed by atoms with van der Waals surface area (Å²) in [6.45, 7) is 2.80. The third-order valence-electron chi connectivity index (χ3n) is 4.17. The SMILES string of the molecule is CCCc1noc([C@H]2CCCCN2C(=O)COc2ccccc2)n1. The molecule has 0 bridgehead atoms. The van der Waals surface area contributed by atoms with Crippen LogP contribution in [-0.4, -0.2) is 34.1 Å². The Balaban J connectivity index is 1.65. The first kappa shape index (κ1) is 16.5. The van der Waals surface area contributed by atoms with Gasteiger partial charge in [-0.15, -0.1) is 0 Å². The first-order valence-electron chi connectivity index (χ1n) is 8.57. The molecule has 2 aromatic rings. The van der Waals surface area contributed by atoms with E-state index in [1.165, 1.54) is 0 Å². The lowest BCUT2D eigenvalue weighted by Crippen LogP contribution is -2.41. The Hall–Kier alpha value is -2.37. The van der Waals surface area contributed by atoms with E-state index in [1.54, 1.807) is 0 Å². The van der Waals surface area contributed by atoms with E-state index in [2.05, 4.69) is 17.1 Å². The zero-order valence-electron chi connectivity index (χ0n) is 14.0. The average molecular weight is 329 g/mol. The van der Waals surface area contributed by atoms with Crippen molar-refractivity contribution in [1.82, 2.24) is 15.0 Å². The number of nitrogens with zero attached hydrogens (tertiary/aromatic N) is 3. The molecule has 0 saturated carbocycles.